The van der Waals surface area contributed by atoms with Crippen molar-refractivity contribution in [1.82, 2.24) is 0 Å². The minimum atomic E-state index is -4.52. The second kappa shape index (κ2) is 5.21. The van der Waals surface area contributed by atoms with E-state index in [-0.39, 0.29) is 23.8 Å². The highest BCUT2D eigenvalue weighted by Gasteiger charge is 2.35. The molecule has 1 aromatic carbocycles. The number of rotatable bonds is 4. The minimum absolute atomic E-state index is 0.0794. The molecule has 0 unspecified atom stereocenters. The number of carbonyl (C=O) groups excluding carboxylic acids is 1. The summed E-state index contributed by atoms with van der Waals surface area (Å²) in [7, 11) is 0. The van der Waals surface area contributed by atoms with Crippen LogP contribution in [0, 0.1) is 5.92 Å². The van der Waals surface area contributed by atoms with Gasteiger partial charge in [-0.05, 0) is 18.1 Å². The van der Waals surface area contributed by atoms with Crippen LogP contribution in [0.3, 0.4) is 0 Å². The van der Waals surface area contributed by atoms with Crippen LogP contribution in [0.1, 0.15) is 29.8 Å². The number of ether oxygens (including phenoxy) is 1. The lowest BCUT2D eigenvalue weighted by Crippen LogP contribution is -2.13. The first-order valence-corrected chi connectivity index (χ1v) is 5.14. The molecule has 0 heterocycles. The molecule has 2 nitrogen and oxygen atoms in total. The van der Waals surface area contributed by atoms with Gasteiger partial charge in [0.25, 0.3) is 0 Å². The third-order valence-electron chi connectivity index (χ3n) is 2.04. The molecule has 0 N–H and O–H groups in total. The van der Waals surface area contributed by atoms with Crippen molar-refractivity contribution in [3.8, 4) is 5.75 Å². The average molecular weight is 246 g/mol. The summed E-state index contributed by atoms with van der Waals surface area (Å²) in [6.45, 7) is 3.77. The second-order valence-corrected chi connectivity index (χ2v) is 4.04. The SMILES string of the molecule is CC(C)COc1c(C=O)cccc1C(F)(F)F. The van der Waals surface area contributed by atoms with Crippen molar-refractivity contribution in [2.75, 3.05) is 6.61 Å². The van der Waals surface area contributed by atoms with Crippen molar-refractivity contribution in [3.63, 3.8) is 0 Å². The van der Waals surface area contributed by atoms with Gasteiger partial charge in [0.1, 0.15) is 5.75 Å². The Kier molecular flexibility index (Phi) is 4.15. The fourth-order valence-corrected chi connectivity index (χ4v) is 1.28. The second-order valence-electron chi connectivity index (χ2n) is 4.04. The van der Waals surface area contributed by atoms with E-state index in [1.165, 1.54) is 12.1 Å². The Morgan fingerprint density at radius 1 is 1.35 bits per heavy atom. The first-order valence-electron chi connectivity index (χ1n) is 5.14. The zero-order valence-corrected chi connectivity index (χ0v) is 9.54. The van der Waals surface area contributed by atoms with Crippen LogP contribution in [-0.2, 0) is 6.18 Å². The molecule has 0 amide bonds. The van der Waals surface area contributed by atoms with Gasteiger partial charge in [-0.3, -0.25) is 4.79 Å². The van der Waals surface area contributed by atoms with Crippen LogP contribution >= 0.6 is 0 Å². The molecular weight excluding hydrogens is 233 g/mol. The maximum atomic E-state index is 12.7. The number of para-hydroxylation sites is 1. The van der Waals surface area contributed by atoms with E-state index in [1.54, 1.807) is 0 Å². The van der Waals surface area contributed by atoms with Gasteiger partial charge in [0.2, 0.25) is 0 Å². The maximum absolute atomic E-state index is 12.7. The van der Waals surface area contributed by atoms with Crippen molar-refractivity contribution in [2.45, 2.75) is 20.0 Å². The lowest BCUT2D eigenvalue weighted by molar-refractivity contribution is -0.139. The van der Waals surface area contributed by atoms with Gasteiger partial charge in [-0.15, -0.1) is 0 Å². The number of hydrogen-bond acceptors (Lipinski definition) is 2. The fraction of sp³-hybridized carbons (Fsp3) is 0.417. The van der Waals surface area contributed by atoms with E-state index in [9.17, 15) is 18.0 Å². The Balaban J connectivity index is 3.16. The number of carbonyl (C=O) groups is 1. The van der Waals surface area contributed by atoms with Crippen molar-refractivity contribution in [3.05, 3.63) is 29.3 Å². The molecule has 0 saturated heterocycles. The van der Waals surface area contributed by atoms with E-state index in [4.69, 9.17) is 4.74 Å². The summed E-state index contributed by atoms with van der Waals surface area (Å²) in [6.07, 6.45) is -4.16. The number of hydrogen-bond donors (Lipinski definition) is 0. The Morgan fingerprint density at radius 3 is 2.47 bits per heavy atom. The van der Waals surface area contributed by atoms with E-state index in [2.05, 4.69) is 0 Å². The Hall–Kier alpha value is -1.52. The van der Waals surface area contributed by atoms with Gasteiger partial charge in [0.05, 0.1) is 17.7 Å². The van der Waals surface area contributed by atoms with E-state index < -0.39 is 11.7 Å². The highest BCUT2D eigenvalue weighted by molar-refractivity contribution is 5.80. The summed E-state index contributed by atoms with van der Waals surface area (Å²) in [5, 5.41) is 0. The fourth-order valence-electron chi connectivity index (χ4n) is 1.28. The van der Waals surface area contributed by atoms with Gasteiger partial charge in [-0.25, -0.2) is 0 Å². The van der Waals surface area contributed by atoms with E-state index in [0.717, 1.165) is 6.07 Å². The normalized spacial score (nSPS) is 11.6. The quantitative estimate of drug-likeness (QED) is 0.759. The Labute approximate surface area is 97.4 Å². The van der Waals surface area contributed by atoms with Gasteiger partial charge in [-0.2, -0.15) is 13.2 Å². The molecule has 0 atom stereocenters. The van der Waals surface area contributed by atoms with Crippen LogP contribution in [0.25, 0.3) is 0 Å². The van der Waals surface area contributed by atoms with Crippen molar-refractivity contribution >= 4 is 6.29 Å². The predicted octanol–water partition coefficient (Wildman–Crippen LogP) is 3.55. The number of halogens is 3. The van der Waals surface area contributed by atoms with Crippen molar-refractivity contribution in [2.24, 2.45) is 5.92 Å². The monoisotopic (exact) mass is 246 g/mol. The minimum Gasteiger partial charge on any atom is -0.492 e. The van der Waals surface area contributed by atoms with Gasteiger partial charge >= 0.3 is 6.18 Å². The Morgan fingerprint density at radius 2 is 2.00 bits per heavy atom. The zero-order valence-electron chi connectivity index (χ0n) is 9.54. The van der Waals surface area contributed by atoms with Crippen molar-refractivity contribution in [1.29, 1.82) is 0 Å². The molecular formula is C12H13F3O2. The number of benzene rings is 1. The van der Waals surface area contributed by atoms with E-state index in [0.29, 0.717) is 6.29 Å². The molecule has 0 aliphatic rings. The molecule has 0 saturated carbocycles. The van der Waals surface area contributed by atoms with Crippen LogP contribution in [0.5, 0.6) is 5.75 Å². The smallest absolute Gasteiger partial charge is 0.419 e. The third-order valence-corrected chi connectivity index (χ3v) is 2.04. The third kappa shape index (κ3) is 3.47. The lowest BCUT2D eigenvalue weighted by Gasteiger charge is -2.16. The highest BCUT2D eigenvalue weighted by atomic mass is 19.4. The molecule has 0 bridgehead atoms. The summed E-state index contributed by atoms with van der Waals surface area (Å²) >= 11 is 0. The molecule has 0 aliphatic heterocycles. The average Bonchev–Trinajstić information content (AvgIpc) is 2.24. The molecule has 0 radical (unpaired) electrons. The van der Waals surface area contributed by atoms with Crippen LogP contribution < -0.4 is 4.74 Å². The van der Waals surface area contributed by atoms with Gasteiger partial charge < -0.3 is 4.74 Å². The van der Waals surface area contributed by atoms with Crippen LogP contribution in [-0.4, -0.2) is 12.9 Å². The molecule has 1 rings (SSSR count). The first-order chi connectivity index (χ1) is 7.86. The van der Waals surface area contributed by atoms with Crippen LogP contribution in [0.2, 0.25) is 0 Å². The molecule has 94 valence electrons. The number of aldehydes is 1. The topological polar surface area (TPSA) is 26.3 Å². The van der Waals surface area contributed by atoms with Crippen LogP contribution in [0.4, 0.5) is 13.2 Å². The highest BCUT2D eigenvalue weighted by Crippen LogP contribution is 2.37. The molecule has 0 aliphatic carbocycles. The summed E-state index contributed by atoms with van der Waals surface area (Å²) in [6, 6.07) is 3.40. The predicted molar refractivity (Wildman–Crippen MR) is 57.2 cm³/mol. The van der Waals surface area contributed by atoms with E-state index >= 15 is 0 Å². The largest absolute Gasteiger partial charge is 0.492 e. The zero-order chi connectivity index (χ0) is 13.1. The Bertz CT molecular complexity index is 397. The summed E-state index contributed by atoms with van der Waals surface area (Å²) < 4.78 is 43.2. The molecule has 0 fully saturated rings. The maximum Gasteiger partial charge on any atom is 0.419 e. The summed E-state index contributed by atoms with van der Waals surface area (Å²) in [5.74, 6) is -0.306. The number of alkyl halides is 3. The first kappa shape index (κ1) is 13.5. The molecule has 0 spiro atoms. The van der Waals surface area contributed by atoms with E-state index in [1.807, 2.05) is 13.8 Å². The molecule has 0 aromatic heterocycles. The summed E-state index contributed by atoms with van der Waals surface area (Å²) in [4.78, 5) is 10.7. The molecule has 5 heteroatoms. The van der Waals surface area contributed by atoms with Gasteiger partial charge in [0.15, 0.2) is 6.29 Å². The van der Waals surface area contributed by atoms with Gasteiger partial charge in [-0.1, -0.05) is 19.9 Å². The standard InChI is InChI=1S/C12H13F3O2/c1-8(2)7-17-11-9(6-16)4-3-5-10(11)12(13,14)15/h3-6,8H,7H2,1-2H3. The lowest BCUT2D eigenvalue weighted by atomic mass is 10.1. The van der Waals surface area contributed by atoms with Crippen LogP contribution in [0.15, 0.2) is 18.2 Å². The molecule has 17 heavy (non-hydrogen) atoms. The van der Waals surface area contributed by atoms with Gasteiger partial charge in [0, 0.05) is 0 Å². The summed E-state index contributed by atoms with van der Waals surface area (Å²) in [5.41, 5.74) is -0.997. The molecule has 1 aromatic rings. The van der Waals surface area contributed by atoms with Crippen molar-refractivity contribution < 1.29 is 22.7 Å².